The number of hydrogen-bond donors (Lipinski definition) is 1. The Morgan fingerprint density at radius 3 is 2.64 bits per heavy atom. The summed E-state index contributed by atoms with van der Waals surface area (Å²) in [6.07, 6.45) is 3.10. The van der Waals surface area contributed by atoms with Crippen molar-refractivity contribution in [3.8, 4) is 0 Å². The Bertz CT molecular complexity index is 116. The van der Waals surface area contributed by atoms with Crippen molar-refractivity contribution in [2.75, 3.05) is 6.54 Å². The van der Waals surface area contributed by atoms with Crippen LogP contribution in [-0.2, 0) is 4.74 Å². The van der Waals surface area contributed by atoms with Crippen LogP contribution in [0.5, 0.6) is 0 Å². The fraction of sp³-hybridized carbons (Fsp3) is 1.00. The summed E-state index contributed by atoms with van der Waals surface area (Å²) in [6.45, 7) is 7.57. The third-order valence-electron chi connectivity index (χ3n) is 2.45. The lowest BCUT2D eigenvalue weighted by Crippen LogP contribution is -2.50. The Morgan fingerprint density at radius 2 is 2.09 bits per heavy atom. The van der Waals surface area contributed by atoms with Crippen molar-refractivity contribution in [3.05, 3.63) is 0 Å². The highest BCUT2D eigenvalue weighted by molar-refractivity contribution is 4.79. The predicted molar refractivity (Wildman–Crippen MR) is 46.7 cm³/mol. The maximum Gasteiger partial charge on any atom is 0.0727 e. The molecule has 11 heavy (non-hydrogen) atoms. The minimum Gasteiger partial charge on any atom is -0.372 e. The quantitative estimate of drug-likeness (QED) is 0.656. The molecule has 0 amide bonds. The lowest BCUT2D eigenvalue weighted by Gasteiger charge is -2.35. The van der Waals surface area contributed by atoms with Gasteiger partial charge in [-0.1, -0.05) is 13.8 Å². The lowest BCUT2D eigenvalue weighted by molar-refractivity contribution is -0.0611. The van der Waals surface area contributed by atoms with Gasteiger partial charge in [-0.15, -0.1) is 0 Å². The molecule has 3 atom stereocenters. The topological polar surface area (TPSA) is 21.3 Å². The third kappa shape index (κ3) is 2.17. The maximum absolute atomic E-state index is 5.83. The average Bonchev–Trinajstić information content (AvgIpc) is 2.05. The zero-order valence-electron chi connectivity index (χ0n) is 7.76. The fourth-order valence-electron chi connectivity index (χ4n) is 1.55. The molecule has 0 aromatic heterocycles. The maximum atomic E-state index is 5.83. The summed E-state index contributed by atoms with van der Waals surface area (Å²) in [5.41, 5.74) is 0. The van der Waals surface area contributed by atoms with Gasteiger partial charge in [0, 0.05) is 12.6 Å². The van der Waals surface area contributed by atoms with E-state index in [0.717, 1.165) is 19.4 Å². The van der Waals surface area contributed by atoms with Crippen LogP contribution in [0.1, 0.15) is 33.6 Å². The van der Waals surface area contributed by atoms with Crippen molar-refractivity contribution in [2.24, 2.45) is 0 Å². The summed E-state index contributed by atoms with van der Waals surface area (Å²) >= 11 is 0. The van der Waals surface area contributed by atoms with Crippen LogP contribution < -0.4 is 5.32 Å². The van der Waals surface area contributed by atoms with Crippen molar-refractivity contribution in [1.82, 2.24) is 5.32 Å². The molecule has 66 valence electrons. The number of rotatable bonds is 2. The molecule has 3 unspecified atom stereocenters. The molecule has 0 saturated carbocycles. The molecule has 1 fully saturated rings. The molecule has 0 aromatic carbocycles. The van der Waals surface area contributed by atoms with E-state index in [1.165, 1.54) is 0 Å². The second-order valence-corrected chi connectivity index (χ2v) is 3.31. The molecule has 0 spiro atoms. The molecule has 0 bridgehead atoms. The van der Waals surface area contributed by atoms with Gasteiger partial charge in [-0.25, -0.2) is 0 Å². The van der Waals surface area contributed by atoms with Gasteiger partial charge in [0.25, 0.3) is 0 Å². The Hall–Kier alpha value is -0.0800. The van der Waals surface area contributed by atoms with E-state index in [2.05, 4.69) is 26.1 Å². The molecule has 1 saturated heterocycles. The lowest BCUT2D eigenvalue weighted by atomic mass is 10.1. The summed E-state index contributed by atoms with van der Waals surface area (Å²) in [7, 11) is 0. The largest absolute Gasteiger partial charge is 0.372 e. The van der Waals surface area contributed by atoms with Crippen LogP contribution in [0.4, 0.5) is 0 Å². The van der Waals surface area contributed by atoms with E-state index in [1.807, 2.05) is 0 Å². The monoisotopic (exact) mass is 157 g/mol. The molecule has 0 aromatic rings. The van der Waals surface area contributed by atoms with Gasteiger partial charge < -0.3 is 10.1 Å². The van der Waals surface area contributed by atoms with Crippen LogP contribution in [-0.4, -0.2) is 24.8 Å². The van der Waals surface area contributed by atoms with Crippen molar-refractivity contribution in [1.29, 1.82) is 0 Å². The summed E-state index contributed by atoms with van der Waals surface area (Å²) in [5.74, 6) is 0. The molecule has 0 aliphatic carbocycles. The standard InChI is InChI=1S/C9H19NO/c1-4-8-6-10-7(3)9(5-2)11-8/h7-10H,4-6H2,1-3H3. The molecule has 0 radical (unpaired) electrons. The van der Waals surface area contributed by atoms with Crippen LogP contribution in [0.25, 0.3) is 0 Å². The van der Waals surface area contributed by atoms with Gasteiger partial charge in [-0.3, -0.25) is 0 Å². The van der Waals surface area contributed by atoms with E-state index in [1.54, 1.807) is 0 Å². The second-order valence-electron chi connectivity index (χ2n) is 3.31. The molecule has 2 heteroatoms. The molecule has 1 rings (SSSR count). The summed E-state index contributed by atoms with van der Waals surface area (Å²) in [6, 6.07) is 0.530. The van der Waals surface area contributed by atoms with Crippen molar-refractivity contribution >= 4 is 0 Å². The van der Waals surface area contributed by atoms with E-state index >= 15 is 0 Å². The molecule has 1 N–H and O–H groups in total. The van der Waals surface area contributed by atoms with Crippen LogP contribution in [0.2, 0.25) is 0 Å². The molecular weight excluding hydrogens is 138 g/mol. The Morgan fingerprint density at radius 1 is 1.36 bits per heavy atom. The van der Waals surface area contributed by atoms with Gasteiger partial charge in [-0.05, 0) is 19.8 Å². The molecule has 1 aliphatic heterocycles. The first-order valence-corrected chi connectivity index (χ1v) is 4.66. The van der Waals surface area contributed by atoms with Gasteiger partial charge >= 0.3 is 0 Å². The predicted octanol–water partition coefficient (Wildman–Crippen LogP) is 1.55. The van der Waals surface area contributed by atoms with Gasteiger partial charge in [0.2, 0.25) is 0 Å². The number of morpholine rings is 1. The minimum atomic E-state index is 0.425. The SMILES string of the molecule is CCC1CNC(C)C(CC)O1. The number of hydrogen-bond acceptors (Lipinski definition) is 2. The van der Waals surface area contributed by atoms with Crippen LogP contribution in [0.3, 0.4) is 0 Å². The van der Waals surface area contributed by atoms with E-state index < -0.39 is 0 Å². The zero-order valence-corrected chi connectivity index (χ0v) is 7.76. The Kier molecular flexibility index (Phi) is 3.34. The molecule has 2 nitrogen and oxygen atoms in total. The normalized spacial score (nSPS) is 39.0. The second kappa shape index (κ2) is 4.07. The average molecular weight is 157 g/mol. The van der Waals surface area contributed by atoms with Gasteiger partial charge in [0.1, 0.15) is 0 Å². The fourth-order valence-corrected chi connectivity index (χ4v) is 1.55. The summed E-state index contributed by atoms with van der Waals surface area (Å²) in [5, 5.41) is 3.46. The van der Waals surface area contributed by atoms with E-state index in [0.29, 0.717) is 18.2 Å². The van der Waals surface area contributed by atoms with Crippen molar-refractivity contribution in [3.63, 3.8) is 0 Å². The van der Waals surface area contributed by atoms with Crippen molar-refractivity contribution in [2.45, 2.75) is 51.9 Å². The highest BCUT2D eigenvalue weighted by Gasteiger charge is 2.24. The summed E-state index contributed by atoms with van der Waals surface area (Å²) in [4.78, 5) is 0. The first-order valence-electron chi connectivity index (χ1n) is 4.66. The van der Waals surface area contributed by atoms with Gasteiger partial charge in [0.05, 0.1) is 12.2 Å². The Balaban J connectivity index is 2.37. The zero-order chi connectivity index (χ0) is 8.27. The highest BCUT2D eigenvalue weighted by Crippen LogP contribution is 2.14. The van der Waals surface area contributed by atoms with Crippen LogP contribution in [0.15, 0.2) is 0 Å². The van der Waals surface area contributed by atoms with Gasteiger partial charge in [-0.2, -0.15) is 0 Å². The number of nitrogens with one attached hydrogen (secondary N) is 1. The summed E-state index contributed by atoms with van der Waals surface area (Å²) < 4.78 is 5.83. The van der Waals surface area contributed by atoms with Crippen LogP contribution in [0, 0.1) is 0 Å². The number of ether oxygens (including phenoxy) is 1. The van der Waals surface area contributed by atoms with E-state index in [4.69, 9.17) is 4.74 Å². The van der Waals surface area contributed by atoms with E-state index in [-0.39, 0.29) is 0 Å². The molecule has 1 aliphatic rings. The smallest absolute Gasteiger partial charge is 0.0727 e. The minimum absolute atomic E-state index is 0.425. The third-order valence-corrected chi connectivity index (χ3v) is 2.45. The Labute approximate surface area is 69.3 Å². The van der Waals surface area contributed by atoms with Crippen LogP contribution >= 0.6 is 0 Å². The highest BCUT2D eigenvalue weighted by atomic mass is 16.5. The molecular formula is C9H19NO. The molecule has 1 heterocycles. The first kappa shape index (κ1) is 9.01. The van der Waals surface area contributed by atoms with E-state index in [9.17, 15) is 0 Å². The van der Waals surface area contributed by atoms with Crippen molar-refractivity contribution < 1.29 is 4.74 Å². The van der Waals surface area contributed by atoms with Gasteiger partial charge in [0.15, 0.2) is 0 Å². The first-order chi connectivity index (χ1) is 5.27.